The zero-order chi connectivity index (χ0) is 15.0. The van der Waals surface area contributed by atoms with Crippen molar-refractivity contribution >= 4 is 29.1 Å². The third kappa shape index (κ3) is 2.76. The molecule has 5 nitrogen and oxygen atoms in total. The van der Waals surface area contributed by atoms with E-state index in [1.807, 2.05) is 13.0 Å². The van der Waals surface area contributed by atoms with Gasteiger partial charge in [-0.1, -0.05) is 23.2 Å². The van der Waals surface area contributed by atoms with Crippen molar-refractivity contribution in [1.29, 1.82) is 0 Å². The number of benzene rings is 1. The first-order valence-corrected chi connectivity index (χ1v) is 7.41. The van der Waals surface area contributed by atoms with E-state index in [4.69, 9.17) is 23.2 Å². The number of amides is 1. The average molecular weight is 325 g/mol. The maximum absolute atomic E-state index is 12.6. The van der Waals surface area contributed by atoms with Crippen molar-refractivity contribution < 1.29 is 4.79 Å². The molecule has 21 heavy (non-hydrogen) atoms. The van der Waals surface area contributed by atoms with Crippen molar-refractivity contribution in [1.82, 2.24) is 19.7 Å². The van der Waals surface area contributed by atoms with Gasteiger partial charge in [0.25, 0.3) is 0 Å². The van der Waals surface area contributed by atoms with Crippen LogP contribution in [0.5, 0.6) is 0 Å². The Morgan fingerprint density at radius 1 is 1.38 bits per heavy atom. The highest BCUT2D eigenvalue weighted by atomic mass is 35.5. The summed E-state index contributed by atoms with van der Waals surface area (Å²) in [5.41, 5.74) is 2.09. The van der Waals surface area contributed by atoms with Crippen molar-refractivity contribution in [3.63, 3.8) is 0 Å². The summed E-state index contributed by atoms with van der Waals surface area (Å²) in [6.45, 7) is 2.97. The number of halogens is 2. The second-order valence-electron chi connectivity index (χ2n) is 5.09. The predicted molar refractivity (Wildman–Crippen MR) is 80.3 cm³/mol. The normalized spacial score (nSPS) is 15.7. The van der Waals surface area contributed by atoms with Crippen LogP contribution in [-0.4, -0.2) is 32.1 Å². The van der Waals surface area contributed by atoms with E-state index in [-0.39, 0.29) is 11.9 Å². The maximum atomic E-state index is 12.6. The summed E-state index contributed by atoms with van der Waals surface area (Å²) < 4.78 is 1.56. The summed E-state index contributed by atoms with van der Waals surface area (Å²) in [5.74, 6) is 0.0113. The molecule has 0 radical (unpaired) electrons. The first-order chi connectivity index (χ1) is 10.1. The van der Waals surface area contributed by atoms with Gasteiger partial charge < -0.3 is 4.90 Å². The third-order valence-corrected chi connectivity index (χ3v) is 4.31. The molecule has 7 heteroatoms. The molecule has 0 saturated carbocycles. The molecule has 110 valence electrons. The summed E-state index contributed by atoms with van der Waals surface area (Å²) in [6, 6.07) is 3.27. The van der Waals surface area contributed by atoms with Crippen LogP contribution < -0.4 is 0 Å². The molecular weight excluding hydrogens is 311 g/mol. The lowest BCUT2D eigenvalue weighted by Crippen LogP contribution is -2.40. The van der Waals surface area contributed by atoms with E-state index in [0.29, 0.717) is 23.1 Å². The Kier molecular flexibility index (Phi) is 3.87. The number of fused-ring (bicyclic) bond motifs is 1. The van der Waals surface area contributed by atoms with Gasteiger partial charge >= 0.3 is 0 Å². The van der Waals surface area contributed by atoms with Crippen LogP contribution in [0, 0.1) is 0 Å². The number of carbonyl (C=O) groups is 1. The Labute approximate surface area is 132 Å². The lowest BCUT2D eigenvalue weighted by molar-refractivity contribution is -0.135. The fraction of sp³-hybridized carbons (Fsp3) is 0.357. The van der Waals surface area contributed by atoms with Crippen LogP contribution in [0.2, 0.25) is 10.0 Å². The lowest BCUT2D eigenvalue weighted by Gasteiger charge is -2.31. The average Bonchev–Trinajstić information content (AvgIpc) is 2.99. The van der Waals surface area contributed by atoms with Crippen LogP contribution in [0.4, 0.5) is 0 Å². The smallest absolute Gasteiger partial charge is 0.247 e. The van der Waals surface area contributed by atoms with Gasteiger partial charge in [0.05, 0.1) is 0 Å². The Balaban J connectivity index is 1.81. The van der Waals surface area contributed by atoms with Gasteiger partial charge in [0, 0.05) is 23.1 Å². The molecule has 0 spiro atoms. The van der Waals surface area contributed by atoms with Crippen LogP contribution in [0.3, 0.4) is 0 Å². The fourth-order valence-electron chi connectivity index (χ4n) is 2.57. The second-order valence-corrected chi connectivity index (χ2v) is 5.93. The van der Waals surface area contributed by atoms with Gasteiger partial charge in [0.2, 0.25) is 5.91 Å². The molecule has 1 amide bonds. The Bertz CT molecular complexity index is 672. The first-order valence-electron chi connectivity index (χ1n) is 6.66. The van der Waals surface area contributed by atoms with E-state index in [9.17, 15) is 4.79 Å². The first kappa shape index (κ1) is 14.4. The number of hydrogen-bond donors (Lipinski definition) is 0. The third-order valence-electron chi connectivity index (χ3n) is 3.76. The molecule has 1 aliphatic heterocycles. The van der Waals surface area contributed by atoms with Crippen LogP contribution in [0.25, 0.3) is 0 Å². The zero-order valence-corrected chi connectivity index (χ0v) is 13.0. The molecule has 2 aromatic rings. The number of nitrogens with zero attached hydrogens (tertiary/aromatic N) is 4. The molecule has 3 rings (SSSR count). The molecule has 1 aliphatic rings. The van der Waals surface area contributed by atoms with E-state index >= 15 is 0 Å². The Hall–Kier alpha value is -1.59. The molecular formula is C14H14Cl2N4O. The van der Waals surface area contributed by atoms with Gasteiger partial charge in [-0.05, 0) is 36.6 Å². The highest BCUT2D eigenvalue weighted by Crippen LogP contribution is 2.30. The summed E-state index contributed by atoms with van der Waals surface area (Å²) in [5, 5.41) is 5.27. The largest absolute Gasteiger partial charge is 0.336 e. The molecule has 2 heterocycles. The molecule has 1 aromatic heterocycles. The highest BCUT2D eigenvalue weighted by molar-refractivity contribution is 6.35. The van der Waals surface area contributed by atoms with Crippen LogP contribution in [-0.2, 0) is 17.8 Å². The number of hydrogen-bond acceptors (Lipinski definition) is 3. The molecule has 1 aromatic carbocycles. The molecule has 0 unspecified atom stereocenters. The summed E-state index contributed by atoms with van der Waals surface area (Å²) >= 11 is 12.3. The summed E-state index contributed by atoms with van der Waals surface area (Å²) in [6.07, 6.45) is 3.73. The van der Waals surface area contributed by atoms with Crippen LogP contribution in [0.15, 0.2) is 24.8 Å². The molecule has 0 aliphatic carbocycles. The van der Waals surface area contributed by atoms with E-state index in [1.165, 1.54) is 6.33 Å². The maximum Gasteiger partial charge on any atom is 0.247 e. The van der Waals surface area contributed by atoms with Crippen molar-refractivity contribution in [3.05, 3.63) is 46.0 Å². The van der Waals surface area contributed by atoms with E-state index < -0.39 is 0 Å². The highest BCUT2D eigenvalue weighted by Gasteiger charge is 2.27. The minimum atomic E-state index is -0.375. The summed E-state index contributed by atoms with van der Waals surface area (Å²) in [7, 11) is 0. The quantitative estimate of drug-likeness (QED) is 0.853. The molecule has 0 N–H and O–H groups in total. The van der Waals surface area contributed by atoms with Gasteiger partial charge in [-0.15, -0.1) is 0 Å². The van der Waals surface area contributed by atoms with Gasteiger partial charge in [0.15, 0.2) is 0 Å². The summed E-state index contributed by atoms with van der Waals surface area (Å²) in [4.78, 5) is 18.2. The van der Waals surface area contributed by atoms with Crippen molar-refractivity contribution in [2.24, 2.45) is 0 Å². The van der Waals surface area contributed by atoms with Crippen LogP contribution >= 0.6 is 23.2 Å². The monoisotopic (exact) mass is 324 g/mol. The van der Waals surface area contributed by atoms with E-state index in [2.05, 4.69) is 10.1 Å². The van der Waals surface area contributed by atoms with Gasteiger partial charge in [-0.3, -0.25) is 4.79 Å². The van der Waals surface area contributed by atoms with Crippen LogP contribution in [0.1, 0.15) is 24.1 Å². The topological polar surface area (TPSA) is 51.0 Å². The van der Waals surface area contributed by atoms with Crippen molar-refractivity contribution in [2.45, 2.75) is 25.9 Å². The number of carbonyl (C=O) groups excluding carboxylic acids is 1. The Morgan fingerprint density at radius 2 is 2.19 bits per heavy atom. The van der Waals surface area contributed by atoms with Gasteiger partial charge in [-0.2, -0.15) is 5.10 Å². The number of aromatic nitrogens is 3. The molecule has 0 saturated heterocycles. The van der Waals surface area contributed by atoms with E-state index in [1.54, 1.807) is 22.0 Å². The van der Waals surface area contributed by atoms with Gasteiger partial charge in [-0.25, -0.2) is 9.67 Å². The minimum Gasteiger partial charge on any atom is -0.336 e. The van der Waals surface area contributed by atoms with Gasteiger partial charge in [0.1, 0.15) is 18.7 Å². The predicted octanol–water partition coefficient (Wildman–Crippen LogP) is 2.73. The lowest BCUT2D eigenvalue weighted by atomic mass is 9.99. The number of rotatable bonds is 2. The fourth-order valence-corrected chi connectivity index (χ4v) is 3.16. The molecule has 0 bridgehead atoms. The minimum absolute atomic E-state index is 0.0113. The molecule has 1 atom stereocenters. The van der Waals surface area contributed by atoms with E-state index in [0.717, 1.165) is 17.5 Å². The molecule has 0 fully saturated rings. The Morgan fingerprint density at radius 3 is 2.90 bits per heavy atom. The van der Waals surface area contributed by atoms with Crippen molar-refractivity contribution in [2.75, 3.05) is 6.54 Å². The zero-order valence-electron chi connectivity index (χ0n) is 11.5. The second kappa shape index (κ2) is 5.66. The SMILES string of the molecule is C[C@@H](C(=O)N1CCc2cc(Cl)cc(Cl)c2C1)n1cncn1. The van der Waals surface area contributed by atoms with Crippen molar-refractivity contribution in [3.8, 4) is 0 Å². The standard InChI is InChI=1S/C14H14Cl2N4O/c1-9(20-8-17-7-18-20)14(21)19-3-2-10-4-11(15)5-13(16)12(10)6-19/h4-5,7-9H,2-3,6H2,1H3/t9-/m0/s1.